The normalized spacial score (nSPS) is 10.5. The second-order valence-electron chi connectivity index (χ2n) is 3.22. The van der Waals surface area contributed by atoms with Crippen LogP contribution >= 0.6 is 11.6 Å². The second kappa shape index (κ2) is 4.63. The molecular formula is C11H8ClFN2O2. The summed E-state index contributed by atoms with van der Waals surface area (Å²) >= 11 is 6.00. The predicted octanol–water partition coefficient (Wildman–Crippen LogP) is 2.60. The molecule has 4 nitrogen and oxygen atoms in total. The average molecular weight is 255 g/mol. The molecule has 6 heteroatoms. The largest absolute Gasteiger partial charge is 0.462 e. The van der Waals surface area contributed by atoms with Crippen LogP contribution in [0.15, 0.2) is 18.6 Å². The molecule has 0 radical (unpaired) electrons. The van der Waals surface area contributed by atoms with E-state index in [4.69, 9.17) is 16.3 Å². The van der Waals surface area contributed by atoms with Crippen molar-refractivity contribution in [3.8, 4) is 0 Å². The zero-order valence-corrected chi connectivity index (χ0v) is 9.66. The quantitative estimate of drug-likeness (QED) is 0.773. The standard InChI is InChI=1S/C11H8ClFN2O2/c1-2-17-11(16)7-4-15-10-6(9(7)12)3-14-5-8(10)13/h3-5H,2H2,1H3. The summed E-state index contributed by atoms with van der Waals surface area (Å²) in [4.78, 5) is 19.0. The van der Waals surface area contributed by atoms with Crippen molar-refractivity contribution >= 4 is 28.5 Å². The zero-order chi connectivity index (χ0) is 12.4. The van der Waals surface area contributed by atoms with E-state index in [2.05, 4.69) is 9.97 Å². The number of halogens is 2. The van der Waals surface area contributed by atoms with Gasteiger partial charge in [-0.3, -0.25) is 9.97 Å². The van der Waals surface area contributed by atoms with Crippen molar-refractivity contribution in [2.24, 2.45) is 0 Å². The van der Waals surface area contributed by atoms with Crippen LogP contribution in [0.3, 0.4) is 0 Å². The topological polar surface area (TPSA) is 52.1 Å². The lowest BCUT2D eigenvalue weighted by Crippen LogP contribution is -2.06. The molecule has 2 rings (SSSR count). The first-order valence-corrected chi connectivity index (χ1v) is 5.27. The highest BCUT2D eigenvalue weighted by Crippen LogP contribution is 2.26. The van der Waals surface area contributed by atoms with Gasteiger partial charge in [0.05, 0.1) is 23.4 Å². The molecule has 2 aromatic heterocycles. The third-order valence-corrected chi connectivity index (χ3v) is 2.57. The Morgan fingerprint density at radius 3 is 2.94 bits per heavy atom. The summed E-state index contributed by atoms with van der Waals surface area (Å²) in [6, 6.07) is 0. The Labute approximate surface area is 101 Å². The van der Waals surface area contributed by atoms with Crippen LogP contribution in [-0.4, -0.2) is 22.5 Å². The Kier molecular flexibility index (Phi) is 3.19. The molecule has 0 aliphatic carbocycles. The van der Waals surface area contributed by atoms with E-state index in [-0.39, 0.29) is 28.1 Å². The van der Waals surface area contributed by atoms with Crippen LogP contribution in [-0.2, 0) is 4.74 Å². The SMILES string of the molecule is CCOC(=O)c1cnc2c(F)cncc2c1Cl. The van der Waals surface area contributed by atoms with Gasteiger partial charge in [0.25, 0.3) is 0 Å². The number of carbonyl (C=O) groups is 1. The fraction of sp³-hybridized carbons (Fsp3) is 0.182. The van der Waals surface area contributed by atoms with Crippen molar-refractivity contribution in [1.82, 2.24) is 9.97 Å². The van der Waals surface area contributed by atoms with Gasteiger partial charge in [-0.15, -0.1) is 0 Å². The van der Waals surface area contributed by atoms with Crippen LogP contribution in [0.25, 0.3) is 10.9 Å². The molecule has 2 heterocycles. The molecule has 0 amide bonds. The Balaban J connectivity index is 2.62. The van der Waals surface area contributed by atoms with E-state index in [1.807, 2.05) is 0 Å². The second-order valence-corrected chi connectivity index (χ2v) is 3.60. The zero-order valence-electron chi connectivity index (χ0n) is 8.91. The van der Waals surface area contributed by atoms with E-state index in [0.717, 1.165) is 6.20 Å². The molecule has 0 fully saturated rings. The molecule has 0 spiro atoms. The number of rotatable bonds is 2. The van der Waals surface area contributed by atoms with Gasteiger partial charge in [0.1, 0.15) is 5.52 Å². The highest BCUT2D eigenvalue weighted by molar-refractivity contribution is 6.38. The van der Waals surface area contributed by atoms with E-state index in [1.165, 1.54) is 12.4 Å². The number of hydrogen-bond donors (Lipinski definition) is 0. The minimum absolute atomic E-state index is 0.0815. The van der Waals surface area contributed by atoms with Gasteiger partial charge >= 0.3 is 5.97 Å². The van der Waals surface area contributed by atoms with Gasteiger partial charge in [-0.05, 0) is 6.92 Å². The Bertz CT molecular complexity index is 589. The van der Waals surface area contributed by atoms with Crippen molar-refractivity contribution in [2.75, 3.05) is 6.61 Å². The third-order valence-electron chi connectivity index (χ3n) is 2.16. The molecule has 0 atom stereocenters. The van der Waals surface area contributed by atoms with Crippen molar-refractivity contribution in [2.45, 2.75) is 6.92 Å². The van der Waals surface area contributed by atoms with Crippen LogP contribution in [0.5, 0.6) is 0 Å². The summed E-state index contributed by atoms with van der Waals surface area (Å²) in [6.45, 7) is 1.91. The van der Waals surface area contributed by atoms with Crippen LogP contribution < -0.4 is 0 Å². The molecule has 0 saturated carbocycles. The third kappa shape index (κ3) is 2.06. The number of pyridine rings is 2. The van der Waals surface area contributed by atoms with E-state index < -0.39 is 11.8 Å². The Hall–Kier alpha value is -1.75. The van der Waals surface area contributed by atoms with Crippen LogP contribution in [0, 0.1) is 5.82 Å². The van der Waals surface area contributed by atoms with Crippen molar-refractivity contribution in [3.63, 3.8) is 0 Å². The summed E-state index contributed by atoms with van der Waals surface area (Å²) in [5, 5.41) is 0.387. The fourth-order valence-electron chi connectivity index (χ4n) is 1.40. The first-order chi connectivity index (χ1) is 8.15. The van der Waals surface area contributed by atoms with Crippen LogP contribution in [0.4, 0.5) is 4.39 Å². The molecule has 0 unspecified atom stereocenters. The predicted molar refractivity (Wildman–Crippen MR) is 60.5 cm³/mol. The number of carbonyl (C=O) groups excluding carboxylic acids is 1. The molecule has 0 N–H and O–H groups in total. The molecule has 88 valence electrons. The molecule has 0 saturated heterocycles. The van der Waals surface area contributed by atoms with Gasteiger partial charge in [0.15, 0.2) is 5.82 Å². The Morgan fingerprint density at radius 1 is 1.47 bits per heavy atom. The average Bonchev–Trinajstić information content (AvgIpc) is 2.31. The van der Waals surface area contributed by atoms with E-state index >= 15 is 0 Å². The number of aromatic nitrogens is 2. The maximum absolute atomic E-state index is 13.3. The molecule has 2 aromatic rings. The number of ether oxygens (including phenoxy) is 1. The van der Waals surface area contributed by atoms with Crippen LogP contribution in [0.2, 0.25) is 5.02 Å². The smallest absolute Gasteiger partial charge is 0.341 e. The highest BCUT2D eigenvalue weighted by Gasteiger charge is 2.16. The van der Waals surface area contributed by atoms with Crippen molar-refractivity contribution in [3.05, 3.63) is 35.0 Å². The number of nitrogens with zero attached hydrogens (tertiary/aromatic N) is 2. The first-order valence-electron chi connectivity index (χ1n) is 4.90. The van der Waals surface area contributed by atoms with Crippen molar-refractivity contribution in [1.29, 1.82) is 0 Å². The lowest BCUT2D eigenvalue weighted by atomic mass is 10.2. The van der Waals surface area contributed by atoms with E-state index in [1.54, 1.807) is 6.92 Å². The van der Waals surface area contributed by atoms with E-state index in [0.29, 0.717) is 0 Å². The molecule has 0 aliphatic rings. The van der Waals surface area contributed by atoms with Gasteiger partial charge < -0.3 is 4.74 Å². The van der Waals surface area contributed by atoms with Crippen molar-refractivity contribution < 1.29 is 13.9 Å². The number of fused-ring (bicyclic) bond motifs is 1. The molecule has 0 aromatic carbocycles. The summed E-state index contributed by atoms with van der Waals surface area (Å²) in [5.41, 5.74) is 0.187. The molecular weight excluding hydrogens is 247 g/mol. The van der Waals surface area contributed by atoms with Crippen LogP contribution in [0.1, 0.15) is 17.3 Å². The van der Waals surface area contributed by atoms with Gasteiger partial charge in [-0.2, -0.15) is 0 Å². The van der Waals surface area contributed by atoms with Gasteiger partial charge in [0, 0.05) is 17.8 Å². The number of hydrogen-bond acceptors (Lipinski definition) is 4. The fourth-order valence-corrected chi connectivity index (χ4v) is 1.67. The highest BCUT2D eigenvalue weighted by atomic mass is 35.5. The minimum atomic E-state index is -0.587. The summed E-state index contributed by atoms with van der Waals surface area (Å²) in [5.74, 6) is -1.17. The Morgan fingerprint density at radius 2 is 2.24 bits per heavy atom. The summed E-state index contributed by atoms with van der Waals surface area (Å²) in [6.07, 6.45) is 3.60. The van der Waals surface area contributed by atoms with Gasteiger partial charge in [0.2, 0.25) is 0 Å². The molecule has 17 heavy (non-hydrogen) atoms. The minimum Gasteiger partial charge on any atom is -0.462 e. The monoisotopic (exact) mass is 254 g/mol. The summed E-state index contributed by atoms with van der Waals surface area (Å²) < 4.78 is 18.2. The summed E-state index contributed by atoms with van der Waals surface area (Å²) in [7, 11) is 0. The lowest BCUT2D eigenvalue weighted by molar-refractivity contribution is 0.0526. The maximum atomic E-state index is 13.3. The van der Waals surface area contributed by atoms with Gasteiger partial charge in [-0.1, -0.05) is 11.6 Å². The maximum Gasteiger partial charge on any atom is 0.341 e. The van der Waals surface area contributed by atoms with Gasteiger partial charge in [-0.25, -0.2) is 9.18 Å². The van der Waals surface area contributed by atoms with E-state index in [9.17, 15) is 9.18 Å². The number of esters is 1. The lowest BCUT2D eigenvalue weighted by Gasteiger charge is -2.06. The molecule has 0 aliphatic heterocycles. The first kappa shape index (κ1) is 11.7. The molecule has 0 bridgehead atoms.